The molecule has 3 aliphatic rings. The van der Waals surface area contributed by atoms with Crippen molar-refractivity contribution in [2.24, 2.45) is 5.41 Å². The standard InChI is InChI=1S/C15H21NO/c1-11-3-12(2)5-13(4-11)15-6-14(7-15,10-17)8-16-9-15/h3-5,16-17H,6-10H2,1-2H3. The van der Waals surface area contributed by atoms with Crippen LogP contribution in [0.4, 0.5) is 0 Å². The number of aliphatic hydroxyl groups excluding tert-OH is 1. The van der Waals surface area contributed by atoms with Crippen molar-refractivity contribution in [1.82, 2.24) is 5.32 Å². The SMILES string of the molecule is Cc1cc(C)cc(C23CNCC(CO)(C2)C3)c1. The number of nitrogens with one attached hydrogen (secondary N) is 1. The number of aryl methyl sites for hydroxylation is 2. The van der Waals surface area contributed by atoms with Crippen LogP contribution in [0.5, 0.6) is 0 Å². The number of hydrogen-bond acceptors (Lipinski definition) is 2. The summed E-state index contributed by atoms with van der Waals surface area (Å²) in [5.41, 5.74) is 4.61. The van der Waals surface area contributed by atoms with Gasteiger partial charge in [0.2, 0.25) is 0 Å². The Bertz CT molecular complexity index is 426. The van der Waals surface area contributed by atoms with Gasteiger partial charge in [0.15, 0.2) is 0 Å². The van der Waals surface area contributed by atoms with Gasteiger partial charge in [-0.05, 0) is 32.3 Å². The number of fused-ring (bicyclic) bond motifs is 2. The predicted octanol–water partition coefficient (Wildman–Crippen LogP) is 1.92. The summed E-state index contributed by atoms with van der Waals surface area (Å²) in [7, 11) is 0. The molecule has 1 aliphatic carbocycles. The molecular weight excluding hydrogens is 210 g/mol. The molecule has 2 nitrogen and oxygen atoms in total. The van der Waals surface area contributed by atoms with Crippen molar-refractivity contribution >= 4 is 0 Å². The zero-order valence-electron chi connectivity index (χ0n) is 10.7. The highest BCUT2D eigenvalue weighted by molar-refractivity contribution is 5.38. The summed E-state index contributed by atoms with van der Waals surface area (Å²) in [6.07, 6.45) is 2.29. The quantitative estimate of drug-likeness (QED) is 0.815. The van der Waals surface area contributed by atoms with Crippen LogP contribution < -0.4 is 5.32 Å². The lowest BCUT2D eigenvalue weighted by molar-refractivity contribution is -0.0582. The lowest BCUT2D eigenvalue weighted by atomic mass is 9.48. The summed E-state index contributed by atoms with van der Waals surface area (Å²) in [6.45, 7) is 6.71. The van der Waals surface area contributed by atoms with Crippen LogP contribution >= 0.6 is 0 Å². The molecule has 4 rings (SSSR count). The van der Waals surface area contributed by atoms with Crippen LogP contribution in [0.15, 0.2) is 18.2 Å². The highest BCUT2D eigenvalue weighted by Crippen LogP contribution is 2.57. The smallest absolute Gasteiger partial charge is 0.0500 e. The number of rotatable bonds is 2. The Morgan fingerprint density at radius 3 is 2.35 bits per heavy atom. The molecule has 2 saturated heterocycles. The summed E-state index contributed by atoms with van der Waals surface area (Å²) in [6, 6.07) is 6.87. The van der Waals surface area contributed by atoms with Gasteiger partial charge in [0.1, 0.15) is 0 Å². The zero-order chi connectivity index (χ0) is 12.1. The van der Waals surface area contributed by atoms with Gasteiger partial charge in [0.25, 0.3) is 0 Å². The molecule has 2 heterocycles. The van der Waals surface area contributed by atoms with E-state index in [1.165, 1.54) is 16.7 Å². The fourth-order valence-corrected chi connectivity index (χ4v) is 3.96. The average Bonchev–Trinajstić information content (AvgIpc) is 2.27. The first-order valence-electron chi connectivity index (χ1n) is 6.48. The molecule has 0 atom stereocenters. The summed E-state index contributed by atoms with van der Waals surface area (Å²) < 4.78 is 0. The maximum absolute atomic E-state index is 9.52. The molecule has 1 aromatic rings. The summed E-state index contributed by atoms with van der Waals surface area (Å²) in [5.74, 6) is 0. The van der Waals surface area contributed by atoms with Crippen molar-refractivity contribution in [3.63, 3.8) is 0 Å². The first-order chi connectivity index (χ1) is 8.07. The first kappa shape index (κ1) is 11.2. The second-order valence-corrected chi connectivity index (χ2v) is 6.27. The van der Waals surface area contributed by atoms with E-state index in [4.69, 9.17) is 0 Å². The molecule has 3 fully saturated rings. The van der Waals surface area contributed by atoms with E-state index in [0.29, 0.717) is 6.61 Å². The molecule has 2 heteroatoms. The van der Waals surface area contributed by atoms with Gasteiger partial charge in [-0.25, -0.2) is 0 Å². The third-order valence-electron chi connectivity index (χ3n) is 4.56. The van der Waals surface area contributed by atoms with Gasteiger partial charge in [0, 0.05) is 30.5 Å². The van der Waals surface area contributed by atoms with Crippen LogP contribution in [-0.2, 0) is 5.41 Å². The fraction of sp³-hybridized carbons (Fsp3) is 0.600. The molecule has 1 aromatic carbocycles. The normalized spacial score (nSPS) is 35.5. The largest absolute Gasteiger partial charge is 0.396 e. The Morgan fingerprint density at radius 1 is 1.12 bits per heavy atom. The van der Waals surface area contributed by atoms with Gasteiger partial charge in [-0.2, -0.15) is 0 Å². The van der Waals surface area contributed by atoms with Crippen LogP contribution in [0, 0.1) is 19.3 Å². The molecule has 17 heavy (non-hydrogen) atoms. The van der Waals surface area contributed by atoms with Crippen molar-refractivity contribution < 1.29 is 5.11 Å². The van der Waals surface area contributed by atoms with E-state index in [2.05, 4.69) is 37.4 Å². The molecule has 0 amide bonds. The minimum atomic E-state index is 0.163. The van der Waals surface area contributed by atoms with Crippen molar-refractivity contribution in [3.05, 3.63) is 34.9 Å². The number of benzene rings is 1. The molecule has 2 aliphatic heterocycles. The van der Waals surface area contributed by atoms with Gasteiger partial charge in [-0.1, -0.05) is 29.3 Å². The number of hydrogen-bond donors (Lipinski definition) is 2. The van der Waals surface area contributed by atoms with Crippen molar-refractivity contribution in [1.29, 1.82) is 0 Å². The van der Waals surface area contributed by atoms with Gasteiger partial charge < -0.3 is 10.4 Å². The molecule has 0 unspecified atom stereocenters. The Hall–Kier alpha value is -0.860. The Kier molecular flexibility index (Phi) is 2.36. The molecule has 2 N–H and O–H groups in total. The van der Waals surface area contributed by atoms with E-state index >= 15 is 0 Å². The van der Waals surface area contributed by atoms with Crippen LogP contribution in [0.1, 0.15) is 29.5 Å². The van der Waals surface area contributed by atoms with E-state index < -0.39 is 0 Å². The second kappa shape index (κ2) is 3.56. The topological polar surface area (TPSA) is 32.3 Å². The molecule has 0 aromatic heterocycles. The maximum Gasteiger partial charge on any atom is 0.0500 e. The number of aliphatic hydroxyl groups is 1. The van der Waals surface area contributed by atoms with Crippen LogP contribution in [0.3, 0.4) is 0 Å². The maximum atomic E-state index is 9.52. The molecule has 1 saturated carbocycles. The summed E-state index contributed by atoms with van der Waals surface area (Å²) in [4.78, 5) is 0. The number of piperidine rings is 2. The minimum absolute atomic E-state index is 0.163. The summed E-state index contributed by atoms with van der Waals surface area (Å²) >= 11 is 0. The van der Waals surface area contributed by atoms with Gasteiger partial charge in [-0.15, -0.1) is 0 Å². The van der Waals surface area contributed by atoms with Gasteiger partial charge >= 0.3 is 0 Å². The zero-order valence-corrected chi connectivity index (χ0v) is 10.7. The van der Waals surface area contributed by atoms with E-state index in [1.807, 2.05) is 0 Å². The minimum Gasteiger partial charge on any atom is -0.396 e. The van der Waals surface area contributed by atoms with Crippen LogP contribution in [0.2, 0.25) is 0 Å². The monoisotopic (exact) mass is 231 g/mol. The summed E-state index contributed by atoms with van der Waals surface area (Å²) in [5, 5.41) is 13.0. The highest BCUT2D eigenvalue weighted by Gasteiger charge is 2.57. The first-order valence-corrected chi connectivity index (χ1v) is 6.48. The van der Waals surface area contributed by atoms with Crippen molar-refractivity contribution in [2.75, 3.05) is 19.7 Å². The molecule has 92 valence electrons. The lowest BCUT2D eigenvalue weighted by Gasteiger charge is -2.60. The van der Waals surface area contributed by atoms with Crippen molar-refractivity contribution in [3.8, 4) is 0 Å². The van der Waals surface area contributed by atoms with Crippen LogP contribution in [0.25, 0.3) is 0 Å². The highest BCUT2D eigenvalue weighted by atomic mass is 16.3. The van der Waals surface area contributed by atoms with E-state index in [9.17, 15) is 5.11 Å². The van der Waals surface area contributed by atoms with E-state index in [-0.39, 0.29) is 10.8 Å². The molecule has 2 bridgehead atoms. The van der Waals surface area contributed by atoms with E-state index in [0.717, 1.165) is 25.9 Å². The fourth-order valence-electron chi connectivity index (χ4n) is 3.96. The Labute approximate surface area is 103 Å². The van der Waals surface area contributed by atoms with E-state index in [1.54, 1.807) is 0 Å². The Morgan fingerprint density at radius 2 is 1.76 bits per heavy atom. The molecule has 0 spiro atoms. The second-order valence-electron chi connectivity index (χ2n) is 6.27. The van der Waals surface area contributed by atoms with Crippen LogP contribution in [-0.4, -0.2) is 24.8 Å². The average molecular weight is 231 g/mol. The molecule has 0 radical (unpaired) electrons. The molecular formula is C15H21NO. The lowest BCUT2D eigenvalue weighted by Crippen LogP contribution is -2.65. The van der Waals surface area contributed by atoms with Gasteiger partial charge in [0.05, 0.1) is 0 Å². The van der Waals surface area contributed by atoms with Crippen molar-refractivity contribution in [2.45, 2.75) is 32.1 Å². The Balaban J connectivity index is 1.95. The van der Waals surface area contributed by atoms with Gasteiger partial charge in [-0.3, -0.25) is 0 Å². The third-order valence-corrected chi connectivity index (χ3v) is 4.56. The third kappa shape index (κ3) is 1.62. The predicted molar refractivity (Wildman–Crippen MR) is 69.2 cm³/mol.